The second-order valence-corrected chi connectivity index (χ2v) is 3.28. The average Bonchev–Trinajstić information content (AvgIpc) is 2.06. The first-order valence-corrected chi connectivity index (χ1v) is 4.34. The number of nitrogens with zero attached hydrogens (tertiary/aromatic N) is 1. The lowest BCUT2D eigenvalue weighted by Gasteiger charge is -2.24. The molecule has 1 saturated heterocycles. The van der Waals surface area contributed by atoms with E-state index >= 15 is 0 Å². The Morgan fingerprint density at radius 3 is 3.00 bits per heavy atom. The monoisotopic (exact) mass is 174 g/mol. The van der Waals surface area contributed by atoms with Crippen LogP contribution in [0.1, 0.15) is 19.8 Å². The minimum atomic E-state index is -0.499. The van der Waals surface area contributed by atoms with Crippen molar-refractivity contribution in [1.29, 1.82) is 0 Å². The molecule has 0 radical (unpaired) electrons. The zero-order valence-corrected chi connectivity index (χ0v) is 7.35. The van der Waals surface area contributed by atoms with Gasteiger partial charge in [-0.1, -0.05) is 4.48 Å². The van der Waals surface area contributed by atoms with E-state index in [1.165, 1.54) is 6.92 Å². The molecular formula is C8H15FN2O. The van der Waals surface area contributed by atoms with E-state index in [1.54, 1.807) is 0 Å². The fraction of sp³-hybridized carbons (Fsp3) is 0.875. The van der Waals surface area contributed by atoms with Crippen LogP contribution in [0.2, 0.25) is 0 Å². The van der Waals surface area contributed by atoms with E-state index in [-0.39, 0.29) is 12.5 Å². The van der Waals surface area contributed by atoms with Gasteiger partial charge in [0.15, 0.2) is 0 Å². The summed E-state index contributed by atoms with van der Waals surface area (Å²) in [6, 6.07) is 0. The van der Waals surface area contributed by atoms with E-state index in [0.717, 1.165) is 25.9 Å². The molecule has 1 N–H and O–H groups in total. The third-order valence-corrected chi connectivity index (χ3v) is 2.16. The van der Waals surface area contributed by atoms with Gasteiger partial charge in [-0.25, -0.2) is 0 Å². The molecule has 1 aliphatic heterocycles. The summed E-state index contributed by atoms with van der Waals surface area (Å²) in [7, 11) is 0. The fourth-order valence-electron chi connectivity index (χ4n) is 1.44. The lowest BCUT2D eigenvalue weighted by molar-refractivity contribution is -0.145. The maximum atomic E-state index is 12.8. The van der Waals surface area contributed by atoms with Gasteiger partial charge in [-0.15, -0.1) is 0 Å². The first-order valence-electron chi connectivity index (χ1n) is 4.34. The van der Waals surface area contributed by atoms with Crippen LogP contribution in [-0.4, -0.2) is 30.7 Å². The molecule has 1 aliphatic rings. The number of nitrogens with one attached hydrogen (secondary N) is 1. The van der Waals surface area contributed by atoms with Crippen LogP contribution in [0.15, 0.2) is 0 Å². The highest BCUT2D eigenvalue weighted by Crippen LogP contribution is 2.11. The van der Waals surface area contributed by atoms with Gasteiger partial charge in [0.05, 0.1) is 6.54 Å². The SMILES string of the molecule is CC(=O)N(F)CC1CCCNC1. The van der Waals surface area contributed by atoms with Gasteiger partial charge in [-0.2, -0.15) is 5.12 Å². The van der Waals surface area contributed by atoms with Crippen molar-refractivity contribution in [3.05, 3.63) is 0 Å². The number of hydrogen-bond acceptors (Lipinski definition) is 2. The van der Waals surface area contributed by atoms with E-state index in [4.69, 9.17) is 0 Å². The van der Waals surface area contributed by atoms with Gasteiger partial charge in [-0.05, 0) is 31.8 Å². The van der Waals surface area contributed by atoms with E-state index in [2.05, 4.69) is 5.32 Å². The highest BCUT2D eigenvalue weighted by molar-refractivity contribution is 5.71. The Hall–Kier alpha value is -0.640. The van der Waals surface area contributed by atoms with Gasteiger partial charge in [-0.3, -0.25) is 4.79 Å². The van der Waals surface area contributed by atoms with Crippen molar-refractivity contribution in [2.75, 3.05) is 19.6 Å². The van der Waals surface area contributed by atoms with Crippen molar-refractivity contribution in [3.63, 3.8) is 0 Å². The van der Waals surface area contributed by atoms with Gasteiger partial charge in [0.1, 0.15) is 0 Å². The number of carbonyl (C=O) groups excluding carboxylic acids is 1. The van der Waals surface area contributed by atoms with Gasteiger partial charge in [0.2, 0.25) is 5.91 Å². The summed E-state index contributed by atoms with van der Waals surface area (Å²) in [5.41, 5.74) is 0. The quantitative estimate of drug-likeness (QED) is 0.625. The van der Waals surface area contributed by atoms with E-state index < -0.39 is 5.91 Å². The summed E-state index contributed by atoms with van der Waals surface area (Å²) in [5.74, 6) is -0.215. The summed E-state index contributed by atoms with van der Waals surface area (Å²) in [6.07, 6.45) is 2.09. The van der Waals surface area contributed by atoms with Crippen LogP contribution in [0.3, 0.4) is 0 Å². The Labute approximate surface area is 71.9 Å². The fourth-order valence-corrected chi connectivity index (χ4v) is 1.44. The molecule has 12 heavy (non-hydrogen) atoms. The second-order valence-electron chi connectivity index (χ2n) is 3.28. The summed E-state index contributed by atoms with van der Waals surface area (Å²) in [5, 5.41) is 3.48. The molecule has 1 heterocycles. The number of amides is 1. The topological polar surface area (TPSA) is 32.3 Å². The molecular weight excluding hydrogens is 159 g/mol. The van der Waals surface area contributed by atoms with Crippen LogP contribution < -0.4 is 5.32 Å². The molecule has 0 spiro atoms. The molecule has 1 rings (SSSR count). The first kappa shape index (κ1) is 9.45. The molecule has 0 aromatic heterocycles. The van der Waals surface area contributed by atoms with Crippen molar-refractivity contribution >= 4 is 5.91 Å². The third-order valence-electron chi connectivity index (χ3n) is 2.16. The number of hydrogen-bond donors (Lipinski definition) is 1. The number of rotatable bonds is 2. The molecule has 0 aromatic carbocycles. The van der Waals surface area contributed by atoms with E-state index in [0.29, 0.717) is 5.12 Å². The molecule has 3 nitrogen and oxygen atoms in total. The Bertz CT molecular complexity index is 157. The summed E-state index contributed by atoms with van der Waals surface area (Å²) in [6.45, 7) is 3.33. The molecule has 1 amide bonds. The van der Waals surface area contributed by atoms with Crippen molar-refractivity contribution < 1.29 is 9.28 Å². The Balaban J connectivity index is 2.24. The predicted octanol–water partition coefficient (Wildman–Crippen LogP) is 0.719. The largest absolute Gasteiger partial charge is 0.316 e. The minimum Gasteiger partial charge on any atom is -0.316 e. The Morgan fingerprint density at radius 2 is 2.50 bits per heavy atom. The number of halogens is 1. The predicted molar refractivity (Wildman–Crippen MR) is 44.1 cm³/mol. The molecule has 70 valence electrons. The van der Waals surface area contributed by atoms with Gasteiger partial charge in [0.25, 0.3) is 0 Å². The maximum Gasteiger partial charge on any atom is 0.247 e. The molecule has 0 aromatic rings. The zero-order chi connectivity index (χ0) is 8.97. The van der Waals surface area contributed by atoms with Crippen LogP contribution in [0.5, 0.6) is 0 Å². The van der Waals surface area contributed by atoms with Gasteiger partial charge in [0, 0.05) is 6.92 Å². The normalized spacial score (nSPS) is 23.7. The van der Waals surface area contributed by atoms with Crippen molar-refractivity contribution in [2.24, 2.45) is 5.92 Å². The molecule has 1 atom stereocenters. The van der Waals surface area contributed by atoms with Crippen LogP contribution >= 0.6 is 0 Å². The van der Waals surface area contributed by atoms with Crippen molar-refractivity contribution in [3.8, 4) is 0 Å². The third kappa shape index (κ3) is 2.77. The maximum absolute atomic E-state index is 12.8. The zero-order valence-electron chi connectivity index (χ0n) is 7.35. The van der Waals surface area contributed by atoms with Gasteiger partial charge < -0.3 is 5.32 Å². The van der Waals surface area contributed by atoms with Crippen LogP contribution in [0.4, 0.5) is 4.48 Å². The molecule has 0 aliphatic carbocycles. The standard InChI is InChI=1S/C8H15FN2O/c1-7(12)11(9)6-8-3-2-4-10-5-8/h8,10H,2-6H2,1H3. The van der Waals surface area contributed by atoms with Crippen molar-refractivity contribution in [2.45, 2.75) is 19.8 Å². The Kier molecular flexibility index (Phi) is 3.47. The lowest BCUT2D eigenvalue weighted by atomic mass is 10.00. The van der Waals surface area contributed by atoms with Crippen molar-refractivity contribution in [1.82, 2.24) is 10.4 Å². The summed E-state index contributed by atoms with van der Waals surface area (Å²) >= 11 is 0. The second kappa shape index (κ2) is 4.40. The number of piperidine rings is 1. The molecule has 0 bridgehead atoms. The Morgan fingerprint density at radius 1 is 1.75 bits per heavy atom. The van der Waals surface area contributed by atoms with Crippen LogP contribution in [-0.2, 0) is 4.79 Å². The first-order chi connectivity index (χ1) is 5.70. The smallest absolute Gasteiger partial charge is 0.247 e. The molecule has 4 heteroatoms. The highest BCUT2D eigenvalue weighted by atomic mass is 19.2. The molecule has 1 unspecified atom stereocenters. The van der Waals surface area contributed by atoms with Crippen LogP contribution in [0, 0.1) is 5.92 Å². The highest BCUT2D eigenvalue weighted by Gasteiger charge is 2.17. The summed E-state index contributed by atoms with van der Waals surface area (Å²) < 4.78 is 12.8. The average molecular weight is 174 g/mol. The van der Waals surface area contributed by atoms with Gasteiger partial charge >= 0.3 is 0 Å². The van der Waals surface area contributed by atoms with E-state index in [1.807, 2.05) is 0 Å². The minimum absolute atomic E-state index is 0.238. The molecule has 0 saturated carbocycles. The lowest BCUT2D eigenvalue weighted by Crippen LogP contribution is -2.36. The summed E-state index contributed by atoms with van der Waals surface area (Å²) in [4.78, 5) is 10.5. The van der Waals surface area contributed by atoms with Crippen LogP contribution in [0.25, 0.3) is 0 Å². The number of carbonyl (C=O) groups is 1. The molecule has 1 fully saturated rings. The van der Waals surface area contributed by atoms with E-state index in [9.17, 15) is 9.28 Å².